The minimum atomic E-state index is -1.04. The average Bonchev–Trinajstić information content (AvgIpc) is 3.31. The normalized spacial score (nSPS) is 18.9. The Morgan fingerprint density at radius 1 is 0.514 bits per heavy atom. The average molecular weight is 993 g/mol. The van der Waals surface area contributed by atoms with Crippen molar-refractivity contribution in [3.05, 3.63) is 142 Å². The van der Waals surface area contributed by atoms with Crippen LogP contribution in [0.4, 0.5) is 14.4 Å². The number of carbonyl (C=O) groups is 6. The highest BCUT2D eigenvalue weighted by molar-refractivity contribution is 5.87. The quantitative estimate of drug-likeness (QED) is 0.122. The van der Waals surface area contributed by atoms with E-state index in [0.717, 1.165) is 52.8 Å². The van der Waals surface area contributed by atoms with Gasteiger partial charge in [0.05, 0.1) is 6.04 Å². The molecule has 388 valence electrons. The Hall–Kier alpha value is -6.98. The highest BCUT2D eigenvalue weighted by atomic mass is 16.6. The van der Waals surface area contributed by atoms with Gasteiger partial charge >= 0.3 is 30.2 Å². The second-order valence-corrected chi connectivity index (χ2v) is 20.8. The molecule has 0 bridgehead atoms. The molecule has 4 heterocycles. The summed E-state index contributed by atoms with van der Waals surface area (Å²) < 4.78 is 16.1. The third-order valence-corrected chi connectivity index (χ3v) is 11.9. The Bertz CT molecular complexity index is 2470. The Balaban J connectivity index is 0.000000180. The maximum absolute atomic E-state index is 12.2. The van der Waals surface area contributed by atoms with Gasteiger partial charge in [0, 0.05) is 32.7 Å². The molecule has 0 aromatic heterocycles. The fourth-order valence-corrected chi connectivity index (χ4v) is 8.91. The SMILES string of the molecule is CC(C)(C)OC(=O)N1CCc2ccccc2[C@@H]1C(=O)O.CC(C)(C)OC(=O)N1CCc2ccccc2[C@@H]1C(N)=O.CC(C)(C)OC(=O)N1CCc2ccccc2[C@@H]1CN.O=C(O)[C@@H]1NCCc2ccccc21. The molecule has 4 aromatic carbocycles. The smallest absolute Gasteiger partial charge is 0.411 e. The number of primary amides is 1. The summed E-state index contributed by atoms with van der Waals surface area (Å²) in [5.74, 6) is -2.38. The first-order valence-corrected chi connectivity index (χ1v) is 24.3. The molecular formula is C55H72N6O11. The number of amides is 4. The number of aliphatic carboxylic acids is 2. The van der Waals surface area contributed by atoms with Crippen LogP contribution in [0.5, 0.6) is 0 Å². The van der Waals surface area contributed by atoms with Gasteiger partial charge in [-0.1, -0.05) is 97.1 Å². The fraction of sp³-hybridized carbons (Fsp3) is 0.455. The molecule has 72 heavy (non-hydrogen) atoms. The van der Waals surface area contributed by atoms with E-state index < -0.39 is 65.0 Å². The van der Waals surface area contributed by atoms with Crippen LogP contribution in [0.1, 0.15) is 131 Å². The van der Waals surface area contributed by atoms with Crippen LogP contribution in [-0.2, 0) is 54.3 Å². The van der Waals surface area contributed by atoms with Crippen LogP contribution in [0.15, 0.2) is 97.1 Å². The fourth-order valence-electron chi connectivity index (χ4n) is 8.91. The molecule has 0 spiro atoms. The van der Waals surface area contributed by atoms with Crippen LogP contribution in [-0.4, -0.2) is 111 Å². The van der Waals surface area contributed by atoms with E-state index in [1.54, 1.807) is 58.6 Å². The molecule has 0 radical (unpaired) electrons. The van der Waals surface area contributed by atoms with Crippen molar-refractivity contribution in [3.8, 4) is 0 Å². The van der Waals surface area contributed by atoms with Gasteiger partial charge in [-0.3, -0.25) is 24.3 Å². The summed E-state index contributed by atoms with van der Waals surface area (Å²) in [6, 6.07) is 28.4. The van der Waals surface area contributed by atoms with Crippen molar-refractivity contribution in [3.63, 3.8) is 0 Å². The predicted molar refractivity (Wildman–Crippen MR) is 272 cm³/mol. The highest BCUT2D eigenvalue weighted by Crippen LogP contribution is 2.34. The van der Waals surface area contributed by atoms with Gasteiger partial charge in [-0.2, -0.15) is 0 Å². The largest absolute Gasteiger partial charge is 0.480 e. The van der Waals surface area contributed by atoms with Gasteiger partial charge in [0.1, 0.15) is 28.9 Å². The van der Waals surface area contributed by atoms with Crippen molar-refractivity contribution in [2.24, 2.45) is 11.5 Å². The summed E-state index contributed by atoms with van der Waals surface area (Å²) in [7, 11) is 0. The van der Waals surface area contributed by atoms with Crippen molar-refractivity contribution in [1.29, 1.82) is 0 Å². The van der Waals surface area contributed by atoms with Crippen molar-refractivity contribution in [2.45, 2.75) is 129 Å². The second kappa shape index (κ2) is 24.0. The number of hydrogen-bond donors (Lipinski definition) is 5. The van der Waals surface area contributed by atoms with E-state index in [-0.39, 0.29) is 12.1 Å². The Kier molecular flexibility index (Phi) is 18.6. The van der Waals surface area contributed by atoms with E-state index in [1.807, 2.05) is 99.6 Å². The molecule has 4 amide bonds. The summed E-state index contributed by atoms with van der Waals surface area (Å²) in [5.41, 5.74) is 17.6. The van der Waals surface area contributed by atoms with E-state index in [1.165, 1.54) is 15.4 Å². The van der Waals surface area contributed by atoms with E-state index >= 15 is 0 Å². The second-order valence-electron chi connectivity index (χ2n) is 20.8. The molecule has 17 heteroatoms. The standard InChI is InChI=1S/C15H20N2O3.C15H22N2O2.C15H19NO4.C10H11NO2/c1-15(2,3)20-14(19)17-9-8-10-6-4-5-7-11(10)12(17)13(16)18;1-15(2,3)19-14(18)17-9-8-11-6-4-5-7-12(11)13(17)10-16;1-15(2,3)20-14(19)16-9-8-10-6-4-5-7-11(10)12(16)13(17)18;12-10(13)9-8-4-2-1-3-7(8)5-6-11-9/h4-7,12H,8-9H2,1-3H3,(H2,16,18);4-7,13H,8-10,16H2,1-3H3;4-7,12H,8-9H2,1-3H3,(H,17,18);1-4,9,11H,5-6H2,(H,12,13)/t12-;13-;12-;9-/m1011/s1. The lowest BCUT2D eigenvalue weighted by atomic mass is 9.92. The summed E-state index contributed by atoms with van der Waals surface area (Å²) in [6.07, 6.45) is 1.73. The van der Waals surface area contributed by atoms with Crippen LogP contribution >= 0.6 is 0 Å². The highest BCUT2D eigenvalue weighted by Gasteiger charge is 2.39. The van der Waals surface area contributed by atoms with Crippen LogP contribution in [0.2, 0.25) is 0 Å². The van der Waals surface area contributed by atoms with Crippen molar-refractivity contribution >= 4 is 36.1 Å². The molecular weight excluding hydrogens is 921 g/mol. The molecule has 0 fully saturated rings. The number of ether oxygens (including phenoxy) is 3. The molecule has 4 atom stereocenters. The zero-order valence-electron chi connectivity index (χ0n) is 43.0. The van der Waals surface area contributed by atoms with Crippen molar-refractivity contribution in [2.75, 3.05) is 32.7 Å². The van der Waals surface area contributed by atoms with Crippen molar-refractivity contribution in [1.82, 2.24) is 20.0 Å². The Labute approximate surface area is 422 Å². The zero-order valence-corrected chi connectivity index (χ0v) is 43.0. The summed E-state index contributed by atoms with van der Waals surface area (Å²) in [4.78, 5) is 75.3. The van der Waals surface area contributed by atoms with Gasteiger partial charge in [-0.25, -0.2) is 19.2 Å². The minimum Gasteiger partial charge on any atom is -0.480 e. The van der Waals surface area contributed by atoms with Crippen LogP contribution in [0.25, 0.3) is 0 Å². The monoisotopic (exact) mass is 993 g/mol. The lowest BCUT2D eigenvalue weighted by Gasteiger charge is -2.37. The van der Waals surface area contributed by atoms with Gasteiger partial charge in [0.25, 0.3) is 0 Å². The maximum Gasteiger partial charge on any atom is 0.411 e. The van der Waals surface area contributed by atoms with Gasteiger partial charge in [-0.05, 0) is 133 Å². The molecule has 8 rings (SSSR count). The summed E-state index contributed by atoms with van der Waals surface area (Å²) >= 11 is 0. The topological polar surface area (TPSA) is 244 Å². The first-order chi connectivity index (χ1) is 33.8. The number of fused-ring (bicyclic) bond motifs is 4. The van der Waals surface area contributed by atoms with Crippen LogP contribution < -0.4 is 16.8 Å². The van der Waals surface area contributed by atoms with Crippen LogP contribution in [0.3, 0.4) is 0 Å². The number of carboxylic acids is 2. The molecule has 4 aliphatic heterocycles. The number of rotatable bonds is 4. The first kappa shape index (κ1) is 55.9. The summed E-state index contributed by atoms with van der Waals surface area (Å²) in [6.45, 7) is 18.9. The van der Waals surface area contributed by atoms with Gasteiger partial charge in [-0.15, -0.1) is 0 Å². The van der Waals surface area contributed by atoms with Gasteiger partial charge < -0.3 is 41.2 Å². The van der Waals surface area contributed by atoms with Gasteiger partial charge in [0.2, 0.25) is 5.91 Å². The maximum atomic E-state index is 12.2. The zero-order chi connectivity index (χ0) is 53.1. The molecule has 4 aliphatic rings. The van der Waals surface area contributed by atoms with Gasteiger partial charge in [0.15, 0.2) is 6.04 Å². The van der Waals surface area contributed by atoms with E-state index in [4.69, 9.17) is 30.8 Å². The number of nitrogens with two attached hydrogens (primary N) is 2. The lowest BCUT2D eigenvalue weighted by molar-refractivity contribution is -0.144. The number of benzene rings is 4. The number of nitrogens with one attached hydrogen (secondary N) is 1. The van der Waals surface area contributed by atoms with Crippen LogP contribution in [0, 0.1) is 0 Å². The Morgan fingerprint density at radius 2 is 0.861 bits per heavy atom. The first-order valence-electron chi connectivity index (χ1n) is 24.3. The molecule has 17 nitrogen and oxygen atoms in total. The molecule has 0 saturated heterocycles. The molecule has 0 saturated carbocycles. The molecule has 0 unspecified atom stereocenters. The minimum absolute atomic E-state index is 0.0835. The number of nitrogens with zero attached hydrogens (tertiary/aromatic N) is 3. The lowest BCUT2D eigenvalue weighted by Crippen LogP contribution is -2.47. The number of carbonyl (C=O) groups excluding carboxylic acids is 4. The van der Waals surface area contributed by atoms with E-state index in [9.17, 15) is 33.9 Å². The number of hydrogen-bond acceptors (Lipinski definition) is 11. The van der Waals surface area contributed by atoms with E-state index in [2.05, 4.69) is 11.4 Å². The predicted octanol–water partition coefficient (Wildman–Crippen LogP) is 8.05. The summed E-state index contributed by atoms with van der Waals surface area (Å²) in [5, 5.41) is 21.4. The third-order valence-electron chi connectivity index (χ3n) is 11.9. The molecule has 0 aliphatic carbocycles. The third kappa shape index (κ3) is 15.0. The Morgan fingerprint density at radius 3 is 1.26 bits per heavy atom. The van der Waals surface area contributed by atoms with E-state index in [0.29, 0.717) is 44.6 Å². The molecule has 7 N–H and O–H groups in total. The molecule has 4 aromatic rings. The van der Waals surface area contributed by atoms with Crippen molar-refractivity contribution < 1.29 is 53.2 Å². The number of carboxylic acid groups (broad SMARTS) is 2.